The van der Waals surface area contributed by atoms with Crippen LogP contribution in [0, 0.1) is 0 Å². The third-order valence-corrected chi connectivity index (χ3v) is 5.47. The first kappa shape index (κ1) is 15.4. The predicted octanol–water partition coefficient (Wildman–Crippen LogP) is 2.63. The van der Waals surface area contributed by atoms with Gasteiger partial charge in [0.25, 0.3) is 0 Å². The summed E-state index contributed by atoms with van der Waals surface area (Å²) in [6.07, 6.45) is 0. The van der Waals surface area contributed by atoms with Gasteiger partial charge in [0, 0.05) is 49.7 Å². The zero-order valence-corrected chi connectivity index (χ0v) is 14.5. The third kappa shape index (κ3) is 4.53. The average Bonchev–Trinajstić information content (AvgIpc) is 2.75. The van der Waals surface area contributed by atoms with Gasteiger partial charge in [0.05, 0.1) is 3.79 Å². The molecular weight excluding hydrogens is 322 g/mol. The first-order valence-corrected chi connectivity index (χ1v) is 8.47. The van der Waals surface area contributed by atoms with Crippen molar-refractivity contribution in [1.29, 1.82) is 0 Å². The minimum atomic E-state index is 0.232. The molecule has 0 aliphatic carbocycles. The van der Waals surface area contributed by atoms with Crippen molar-refractivity contribution in [3.05, 3.63) is 20.8 Å². The summed E-state index contributed by atoms with van der Waals surface area (Å²) in [4.78, 5) is 6.40. The summed E-state index contributed by atoms with van der Waals surface area (Å²) in [7, 11) is 2.21. The van der Waals surface area contributed by atoms with Gasteiger partial charge in [-0.2, -0.15) is 0 Å². The van der Waals surface area contributed by atoms with E-state index >= 15 is 0 Å². The summed E-state index contributed by atoms with van der Waals surface area (Å²) in [5.41, 5.74) is 0.232. The number of rotatable bonds is 5. The lowest BCUT2D eigenvalue weighted by molar-refractivity contribution is 0.0618. The van der Waals surface area contributed by atoms with E-state index in [1.165, 1.54) is 34.8 Å². The van der Waals surface area contributed by atoms with Crippen molar-refractivity contribution in [3.63, 3.8) is 0 Å². The number of likely N-dealkylation sites (N-methyl/N-ethyl adjacent to an activating group) is 1. The van der Waals surface area contributed by atoms with Gasteiger partial charge in [0.1, 0.15) is 0 Å². The monoisotopic (exact) mass is 345 g/mol. The quantitative estimate of drug-likeness (QED) is 0.884. The molecule has 5 heteroatoms. The van der Waals surface area contributed by atoms with Crippen LogP contribution in [0.5, 0.6) is 0 Å². The van der Waals surface area contributed by atoms with E-state index in [9.17, 15) is 0 Å². The number of nitrogens with one attached hydrogen (secondary N) is 1. The van der Waals surface area contributed by atoms with Crippen molar-refractivity contribution >= 4 is 27.3 Å². The van der Waals surface area contributed by atoms with E-state index in [1.54, 1.807) is 0 Å². The second-order valence-electron chi connectivity index (χ2n) is 5.91. The fourth-order valence-electron chi connectivity index (χ4n) is 2.46. The molecule has 0 spiro atoms. The lowest BCUT2D eigenvalue weighted by Crippen LogP contribution is -2.57. The maximum Gasteiger partial charge on any atom is 0.0701 e. The fraction of sp³-hybridized carbons (Fsp3) is 0.714. The largest absolute Gasteiger partial charge is 0.310 e. The zero-order chi connectivity index (χ0) is 13.9. The molecule has 0 amide bonds. The first-order valence-electron chi connectivity index (χ1n) is 6.86. The van der Waals surface area contributed by atoms with Gasteiger partial charge in [-0.3, -0.25) is 4.90 Å². The van der Waals surface area contributed by atoms with Gasteiger partial charge in [-0.05, 0) is 49.0 Å². The van der Waals surface area contributed by atoms with Crippen LogP contribution in [0.4, 0.5) is 0 Å². The van der Waals surface area contributed by atoms with E-state index in [2.05, 4.69) is 64.1 Å². The van der Waals surface area contributed by atoms with Gasteiger partial charge in [0.2, 0.25) is 0 Å². The number of piperazine rings is 1. The molecule has 1 fully saturated rings. The number of thiophene rings is 1. The van der Waals surface area contributed by atoms with Crippen LogP contribution in [-0.2, 0) is 6.54 Å². The van der Waals surface area contributed by atoms with E-state index in [0.29, 0.717) is 0 Å². The number of halogens is 1. The molecule has 2 heterocycles. The summed E-state index contributed by atoms with van der Waals surface area (Å²) >= 11 is 5.32. The summed E-state index contributed by atoms with van der Waals surface area (Å²) in [6.45, 7) is 11.4. The van der Waals surface area contributed by atoms with Gasteiger partial charge in [-0.1, -0.05) is 0 Å². The molecule has 1 aliphatic heterocycles. The van der Waals surface area contributed by atoms with Gasteiger partial charge in [0.15, 0.2) is 0 Å². The Morgan fingerprint density at radius 2 is 1.95 bits per heavy atom. The Bertz CT molecular complexity index is 397. The summed E-state index contributed by atoms with van der Waals surface area (Å²) in [5.74, 6) is 0. The Morgan fingerprint density at radius 3 is 2.53 bits per heavy atom. The Kier molecular flexibility index (Phi) is 5.43. The van der Waals surface area contributed by atoms with Crippen LogP contribution in [0.15, 0.2) is 15.9 Å². The SMILES string of the molecule is CN1CCN(C(C)(C)CNCc2ccc(Br)s2)CC1. The van der Waals surface area contributed by atoms with Crippen molar-refractivity contribution in [2.24, 2.45) is 0 Å². The number of nitrogens with zero attached hydrogens (tertiary/aromatic N) is 2. The minimum Gasteiger partial charge on any atom is -0.310 e. The van der Waals surface area contributed by atoms with Crippen LogP contribution in [0.25, 0.3) is 0 Å². The molecule has 1 N–H and O–H groups in total. The zero-order valence-electron chi connectivity index (χ0n) is 12.1. The third-order valence-electron chi connectivity index (χ3n) is 3.85. The Hall–Kier alpha value is 0.0600. The fourth-order valence-corrected chi connectivity index (χ4v) is 3.91. The maximum absolute atomic E-state index is 3.60. The summed E-state index contributed by atoms with van der Waals surface area (Å²) in [5, 5.41) is 3.60. The molecule has 1 saturated heterocycles. The van der Waals surface area contributed by atoms with Gasteiger partial charge >= 0.3 is 0 Å². The molecule has 2 rings (SSSR count). The molecule has 19 heavy (non-hydrogen) atoms. The van der Waals surface area contributed by atoms with E-state index in [0.717, 1.165) is 13.1 Å². The van der Waals surface area contributed by atoms with Crippen LogP contribution in [0.2, 0.25) is 0 Å². The molecule has 0 saturated carbocycles. The molecule has 1 aromatic rings. The van der Waals surface area contributed by atoms with E-state index in [-0.39, 0.29) is 5.54 Å². The Balaban J connectivity index is 1.77. The highest BCUT2D eigenvalue weighted by molar-refractivity contribution is 9.11. The number of hydrogen-bond donors (Lipinski definition) is 1. The molecule has 0 aromatic carbocycles. The minimum absolute atomic E-state index is 0.232. The van der Waals surface area contributed by atoms with Crippen molar-refractivity contribution in [2.45, 2.75) is 25.9 Å². The maximum atomic E-state index is 3.60. The molecule has 108 valence electrons. The molecule has 1 aliphatic rings. The normalized spacial score (nSPS) is 18.9. The first-order chi connectivity index (χ1) is 8.97. The molecule has 0 unspecified atom stereocenters. The van der Waals surface area contributed by atoms with Crippen LogP contribution in [-0.4, -0.2) is 55.1 Å². The predicted molar refractivity (Wildman–Crippen MR) is 86.9 cm³/mol. The molecule has 0 bridgehead atoms. The van der Waals surface area contributed by atoms with E-state index in [4.69, 9.17) is 0 Å². The summed E-state index contributed by atoms with van der Waals surface area (Å²) in [6, 6.07) is 4.30. The van der Waals surface area contributed by atoms with Crippen molar-refractivity contribution in [1.82, 2.24) is 15.1 Å². The number of hydrogen-bond acceptors (Lipinski definition) is 4. The Morgan fingerprint density at radius 1 is 1.26 bits per heavy atom. The van der Waals surface area contributed by atoms with Gasteiger partial charge < -0.3 is 10.2 Å². The van der Waals surface area contributed by atoms with Crippen molar-refractivity contribution < 1.29 is 0 Å². The highest BCUT2D eigenvalue weighted by atomic mass is 79.9. The van der Waals surface area contributed by atoms with Gasteiger partial charge in [-0.15, -0.1) is 11.3 Å². The highest BCUT2D eigenvalue weighted by Gasteiger charge is 2.28. The lowest BCUT2D eigenvalue weighted by atomic mass is 10.0. The van der Waals surface area contributed by atoms with Crippen molar-refractivity contribution in [2.75, 3.05) is 39.8 Å². The second kappa shape index (κ2) is 6.68. The van der Waals surface area contributed by atoms with E-state index < -0.39 is 0 Å². The molecule has 3 nitrogen and oxygen atoms in total. The average molecular weight is 346 g/mol. The molecule has 0 atom stereocenters. The highest BCUT2D eigenvalue weighted by Crippen LogP contribution is 2.22. The summed E-state index contributed by atoms with van der Waals surface area (Å²) < 4.78 is 1.21. The van der Waals surface area contributed by atoms with E-state index in [1.807, 2.05) is 11.3 Å². The second-order valence-corrected chi connectivity index (χ2v) is 8.46. The van der Waals surface area contributed by atoms with Crippen LogP contribution in [0.1, 0.15) is 18.7 Å². The smallest absolute Gasteiger partial charge is 0.0701 e. The molecule has 0 radical (unpaired) electrons. The lowest BCUT2D eigenvalue weighted by Gasteiger charge is -2.43. The molecule has 1 aromatic heterocycles. The molecular formula is C14H24BrN3S. The van der Waals surface area contributed by atoms with Crippen LogP contribution >= 0.6 is 27.3 Å². The Labute approximate surface area is 129 Å². The van der Waals surface area contributed by atoms with Crippen molar-refractivity contribution in [3.8, 4) is 0 Å². The van der Waals surface area contributed by atoms with Crippen LogP contribution < -0.4 is 5.32 Å². The standard InChI is InChI=1S/C14H24BrN3S/c1-14(2,18-8-6-17(3)7-9-18)11-16-10-12-4-5-13(15)19-12/h4-5,16H,6-11H2,1-3H3. The van der Waals surface area contributed by atoms with Gasteiger partial charge in [-0.25, -0.2) is 0 Å². The van der Waals surface area contributed by atoms with Crippen LogP contribution in [0.3, 0.4) is 0 Å². The topological polar surface area (TPSA) is 18.5 Å².